The van der Waals surface area contributed by atoms with E-state index in [-0.39, 0.29) is 36.5 Å². The van der Waals surface area contributed by atoms with E-state index in [9.17, 15) is 21.6 Å². The molecule has 1 aromatic carbocycles. The third-order valence-corrected chi connectivity index (χ3v) is 9.23. The molecule has 2 fully saturated rings. The minimum Gasteiger partial charge on any atom is -0.370 e. The van der Waals surface area contributed by atoms with Crippen LogP contribution in [-0.2, 0) is 16.2 Å². The van der Waals surface area contributed by atoms with Gasteiger partial charge in [-0.15, -0.1) is 0 Å². The highest BCUT2D eigenvalue weighted by Gasteiger charge is 2.37. The number of hydrogen-bond donors (Lipinski definition) is 1. The Hall–Kier alpha value is -3.30. The molecule has 228 valence electrons. The molecular formula is C27H34F4N8O2S. The van der Waals surface area contributed by atoms with Crippen molar-refractivity contribution in [2.75, 3.05) is 56.7 Å². The molecule has 2 aliphatic rings. The van der Waals surface area contributed by atoms with Crippen LogP contribution >= 0.6 is 0 Å². The number of imidazole rings is 1. The van der Waals surface area contributed by atoms with Crippen LogP contribution in [0.5, 0.6) is 0 Å². The van der Waals surface area contributed by atoms with Crippen LogP contribution in [0.3, 0.4) is 0 Å². The summed E-state index contributed by atoms with van der Waals surface area (Å²) in [5.41, 5.74) is -0.665. The third kappa shape index (κ3) is 6.37. The minimum absolute atomic E-state index is 0.0276. The Bertz CT molecular complexity index is 1550. The van der Waals surface area contributed by atoms with Gasteiger partial charge in [-0.05, 0) is 58.5 Å². The third-order valence-electron chi connectivity index (χ3n) is 7.92. The number of likely N-dealkylation sites (N-methyl/N-ethyl adjacent to an activating group) is 1. The lowest BCUT2D eigenvalue weighted by Crippen LogP contribution is -2.42. The Labute approximate surface area is 242 Å². The summed E-state index contributed by atoms with van der Waals surface area (Å²) in [6.45, 7) is 3.73. The van der Waals surface area contributed by atoms with Gasteiger partial charge < -0.3 is 19.7 Å². The Balaban J connectivity index is 1.41. The predicted molar refractivity (Wildman–Crippen MR) is 152 cm³/mol. The fourth-order valence-corrected chi connectivity index (χ4v) is 6.36. The molecule has 10 nitrogen and oxygen atoms in total. The van der Waals surface area contributed by atoms with Gasteiger partial charge in [-0.2, -0.15) is 13.2 Å². The van der Waals surface area contributed by atoms with E-state index in [0.717, 1.165) is 31.5 Å². The van der Waals surface area contributed by atoms with Crippen LogP contribution in [0.15, 0.2) is 30.6 Å². The number of anilines is 2. The number of nitrogens with one attached hydrogen (secondary N) is 1. The first-order valence-corrected chi connectivity index (χ1v) is 15.5. The fourth-order valence-electron chi connectivity index (χ4n) is 5.48. The van der Waals surface area contributed by atoms with Crippen LogP contribution in [0.1, 0.15) is 30.7 Å². The number of halogens is 4. The highest BCUT2D eigenvalue weighted by molar-refractivity contribution is 7.88. The van der Waals surface area contributed by atoms with Crippen molar-refractivity contribution in [1.82, 2.24) is 28.7 Å². The van der Waals surface area contributed by atoms with Crippen molar-refractivity contribution < 1.29 is 26.0 Å². The van der Waals surface area contributed by atoms with Crippen molar-refractivity contribution in [1.29, 1.82) is 0 Å². The zero-order chi connectivity index (χ0) is 30.4. The second-order valence-corrected chi connectivity index (χ2v) is 13.0. The second-order valence-electron chi connectivity index (χ2n) is 11.1. The van der Waals surface area contributed by atoms with Crippen LogP contribution < -0.4 is 10.2 Å². The maximum absolute atomic E-state index is 15.4. The van der Waals surface area contributed by atoms with E-state index in [1.165, 1.54) is 21.1 Å². The van der Waals surface area contributed by atoms with E-state index in [4.69, 9.17) is 0 Å². The molecule has 1 atom stereocenters. The number of benzene rings is 1. The number of aryl methyl sites for hydroxylation is 1. The first-order chi connectivity index (χ1) is 19.7. The average molecular weight is 611 g/mol. The lowest BCUT2D eigenvalue weighted by Gasteiger charge is -2.30. The van der Waals surface area contributed by atoms with Gasteiger partial charge in [0.2, 0.25) is 16.0 Å². The molecule has 42 heavy (non-hydrogen) atoms. The number of piperidine rings is 1. The van der Waals surface area contributed by atoms with Gasteiger partial charge >= 0.3 is 6.18 Å². The molecule has 0 unspecified atom stereocenters. The molecule has 2 aliphatic heterocycles. The van der Waals surface area contributed by atoms with Crippen molar-refractivity contribution in [2.24, 2.45) is 0 Å². The van der Waals surface area contributed by atoms with Gasteiger partial charge in [-0.3, -0.25) is 0 Å². The average Bonchev–Trinajstić information content (AvgIpc) is 3.55. The zero-order valence-electron chi connectivity index (χ0n) is 23.9. The van der Waals surface area contributed by atoms with Crippen molar-refractivity contribution in [2.45, 2.75) is 44.4 Å². The van der Waals surface area contributed by atoms with Crippen LogP contribution in [0, 0.1) is 12.7 Å². The molecule has 0 bridgehead atoms. The summed E-state index contributed by atoms with van der Waals surface area (Å²) >= 11 is 0. The molecule has 0 aliphatic carbocycles. The Morgan fingerprint density at radius 1 is 1.07 bits per heavy atom. The quantitative estimate of drug-likeness (QED) is 0.404. The summed E-state index contributed by atoms with van der Waals surface area (Å²) in [5.74, 6) is -0.255. The molecule has 0 saturated carbocycles. The summed E-state index contributed by atoms with van der Waals surface area (Å²) in [7, 11) is 0.714. The van der Waals surface area contributed by atoms with Crippen LogP contribution in [-0.4, -0.2) is 95.8 Å². The molecule has 5 rings (SSSR count). The van der Waals surface area contributed by atoms with E-state index in [0.29, 0.717) is 30.9 Å². The number of sulfonamides is 1. The first-order valence-electron chi connectivity index (χ1n) is 13.6. The Morgan fingerprint density at radius 3 is 2.38 bits per heavy atom. The Morgan fingerprint density at radius 2 is 1.79 bits per heavy atom. The van der Waals surface area contributed by atoms with Gasteiger partial charge in [0.1, 0.15) is 28.6 Å². The zero-order valence-corrected chi connectivity index (χ0v) is 24.7. The summed E-state index contributed by atoms with van der Waals surface area (Å²) in [6, 6.07) is 5.00. The number of rotatable bonds is 7. The van der Waals surface area contributed by atoms with Crippen LogP contribution in [0.2, 0.25) is 0 Å². The van der Waals surface area contributed by atoms with E-state index < -0.39 is 33.3 Å². The number of nitrogens with zero attached hydrogens (tertiary/aromatic N) is 7. The minimum atomic E-state index is -4.75. The van der Waals surface area contributed by atoms with Crippen molar-refractivity contribution in [3.05, 3.63) is 47.8 Å². The summed E-state index contributed by atoms with van der Waals surface area (Å²) in [5, 5.41) is 3.03. The molecule has 2 saturated heterocycles. The van der Waals surface area contributed by atoms with Gasteiger partial charge in [-0.1, -0.05) is 0 Å². The number of alkyl halides is 3. The van der Waals surface area contributed by atoms with Gasteiger partial charge in [0.25, 0.3) is 0 Å². The van der Waals surface area contributed by atoms with Crippen molar-refractivity contribution in [3.63, 3.8) is 0 Å². The highest BCUT2D eigenvalue weighted by atomic mass is 32.2. The summed E-state index contributed by atoms with van der Waals surface area (Å²) < 4.78 is 83.7. The Kier molecular flexibility index (Phi) is 8.20. The summed E-state index contributed by atoms with van der Waals surface area (Å²) in [6.07, 6.45) is 0.304. The van der Waals surface area contributed by atoms with Gasteiger partial charge in [-0.25, -0.2) is 32.1 Å². The molecule has 4 heterocycles. The normalized spacial score (nSPS) is 19.2. The topological polar surface area (TPSA) is 99.5 Å². The predicted octanol–water partition coefficient (Wildman–Crippen LogP) is 3.77. The molecule has 1 N–H and O–H groups in total. The molecular weight excluding hydrogens is 576 g/mol. The fraction of sp³-hybridized carbons (Fsp3) is 0.519. The lowest BCUT2D eigenvalue weighted by atomic mass is 10.1. The molecule has 15 heteroatoms. The molecule has 0 radical (unpaired) electrons. The van der Waals surface area contributed by atoms with E-state index in [2.05, 4.69) is 30.1 Å². The molecule has 3 aromatic rings. The SMILES string of the molecule is Cc1nc(-c2nc(NC3CCN(S(C)(=O)=O)CC3)ncc2C(F)(F)F)cn1-c1ccc(N2CC[C@@H](N(C)C)C2)cc1F. The lowest BCUT2D eigenvalue weighted by molar-refractivity contribution is -0.137. The van der Waals surface area contributed by atoms with Gasteiger partial charge in [0, 0.05) is 56.3 Å². The van der Waals surface area contributed by atoms with Gasteiger partial charge in [0.15, 0.2) is 0 Å². The standard InChI is InChI=1S/C27H34F4N8O2S/c1-17-33-23(16-39(17)24-6-5-19(13-22(24)28)37-10-9-20(15-37)36(2)3)25-21(27(29,30)31)14-32-26(35-25)34-18-7-11-38(12-8-18)42(4,40)41/h5-6,13-14,16,18,20H,7-12,15H2,1-4H3,(H,32,34,35)/t20-/m1/s1. The number of hydrogen-bond acceptors (Lipinski definition) is 8. The first kappa shape index (κ1) is 30.2. The largest absolute Gasteiger partial charge is 0.420 e. The molecule has 0 amide bonds. The second kappa shape index (κ2) is 11.4. The van der Waals surface area contributed by atoms with Crippen LogP contribution in [0.25, 0.3) is 17.1 Å². The van der Waals surface area contributed by atoms with Crippen molar-refractivity contribution >= 4 is 21.7 Å². The van der Waals surface area contributed by atoms with Crippen LogP contribution in [0.4, 0.5) is 29.2 Å². The number of aromatic nitrogens is 4. The summed E-state index contributed by atoms with van der Waals surface area (Å²) in [4.78, 5) is 16.6. The maximum atomic E-state index is 15.4. The monoisotopic (exact) mass is 610 g/mol. The van der Waals surface area contributed by atoms with E-state index in [1.54, 1.807) is 19.1 Å². The van der Waals surface area contributed by atoms with E-state index >= 15 is 4.39 Å². The maximum Gasteiger partial charge on any atom is 0.420 e. The smallest absolute Gasteiger partial charge is 0.370 e. The molecule has 0 spiro atoms. The van der Waals surface area contributed by atoms with Crippen molar-refractivity contribution in [3.8, 4) is 17.1 Å². The highest BCUT2D eigenvalue weighted by Crippen LogP contribution is 2.36. The molecule has 2 aromatic heterocycles. The van der Waals surface area contributed by atoms with Gasteiger partial charge in [0.05, 0.1) is 11.9 Å². The van der Waals surface area contributed by atoms with E-state index in [1.807, 2.05) is 14.1 Å².